The molecular formula is C10H5BrN2. The van der Waals surface area contributed by atoms with Gasteiger partial charge in [-0.25, -0.2) is 0 Å². The fraction of sp³-hybridized carbons (Fsp3) is 0. The summed E-state index contributed by atoms with van der Waals surface area (Å²) in [6.07, 6.45) is 0. The summed E-state index contributed by atoms with van der Waals surface area (Å²) in [5.74, 6) is 0. The number of hydrogen-bond donors (Lipinski definition) is 0. The van der Waals surface area contributed by atoms with Crippen LogP contribution in [0.1, 0.15) is 0 Å². The summed E-state index contributed by atoms with van der Waals surface area (Å²) >= 11 is 3.19. The summed E-state index contributed by atoms with van der Waals surface area (Å²) in [6.45, 7) is 0. The van der Waals surface area contributed by atoms with Crippen LogP contribution < -0.4 is 10.4 Å². The van der Waals surface area contributed by atoms with Crippen molar-refractivity contribution in [1.82, 2.24) is 0 Å². The highest BCUT2D eigenvalue weighted by atomic mass is 79.9. The van der Waals surface area contributed by atoms with Gasteiger partial charge in [-0.3, -0.25) is 0 Å². The Balaban J connectivity index is 3.46. The maximum Gasteiger partial charge on any atom is 0.136 e. The predicted molar refractivity (Wildman–Crippen MR) is 53.7 cm³/mol. The smallest absolute Gasteiger partial charge is 0.136 e. The van der Waals surface area contributed by atoms with Gasteiger partial charge in [0.05, 0.1) is 0 Å². The van der Waals surface area contributed by atoms with Gasteiger partial charge in [-0.2, -0.15) is 10.5 Å². The average molecular weight is 233 g/mol. The zero-order valence-electron chi connectivity index (χ0n) is 6.66. The van der Waals surface area contributed by atoms with Gasteiger partial charge in [0.25, 0.3) is 0 Å². The number of rotatable bonds is 0. The molecule has 62 valence electrons. The van der Waals surface area contributed by atoms with E-state index in [2.05, 4.69) is 15.9 Å². The molecule has 0 saturated carbocycles. The van der Waals surface area contributed by atoms with Crippen LogP contribution in [0.5, 0.6) is 0 Å². The van der Waals surface area contributed by atoms with Crippen LogP contribution in [0.25, 0.3) is 10.6 Å². The average Bonchev–Trinajstić information content (AvgIpc) is 2.21. The van der Waals surface area contributed by atoms with E-state index in [9.17, 15) is 0 Å². The summed E-state index contributed by atoms with van der Waals surface area (Å²) < 4.78 is 0. The molecule has 0 heterocycles. The van der Waals surface area contributed by atoms with Crippen LogP contribution in [-0.2, 0) is 0 Å². The van der Waals surface area contributed by atoms with E-state index in [1.165, 1.54) is 0 Å². The SMILES string of the molecule is N#CC(C#N)=c1ccc(=CBr)cc1. The Morgan fingerprint density at radius 2 is 1.69 bits per heavy atom. The zero-order chi connectivity index (χ0) is 9.68. The standard InChI is InChI=1S/C10H5BrN2/c11-5-8-1-3-9(4-2-8)10(6-12)7-13/h1-5H. The van der Waals surface area contributed by atoms with Gasteiger partial charge in [0, 0.05) is 5.22 Å². The maximum atomic E-state index is 8.58. The summed E-state index contributed by atoms with van der Waals surface area (Å²) in [5.41, 5.74) is 0.140. The van der Waals surface area contributed by atoms with E-state index in [-0.39, 0.29) is 5.57 Å². The third-order valence-corrected chi connectivity index (χ3v) is 2.08. The van der Waals surface area contributed by atoms with Crippen molar-refractivity contribution in [3.63, 3.8) is 0 Å². The molecule has 3 heteroatoms. The number of hydrogen-bond acceptors (Lipinski definition) is 2. The van der Waals surface area contributed by atoms with Crippen LogP contribution >= 0.6 is 15.9 Å². The number of nitriles is 2. The molecule has 2 nitrogen and oxygen atoms in total. The van der Waals surface area contributed by atoms with Crippen molar-refractivity contribution < 1.29 is 0 Å². The van der Waals surface area contributed by atoms with Gasteiger partial charge in [0.2, 0.25) is 0 Å². The van der Waals surface area contributed by atoms with E-state index in [0.717, 1.165) is 5.22 Å². The van der Waals surface area contributed by atoms with Crippen LogP contribution in [-0.4, -0.2) is 0 Å². The minimum Gasteiger partial charge on any atom is -0.192 e. The van der Waals surface area contributed by atoms with E-state index in [4.69, 9.17) is 10.5 Å². The number of benzene rings is 1. The Labute approximate surface area is 84.2 Å². The van der Waals surface area contributed by atoms with Crippen LogP contribution in [0.2, 0.25) is 0 Å². The molecule has 0 N–H and O–H groups in total. The van der Waals surface area contributed by atoms with Crippen molar-refractivity contribution in [3.8, 4) is 12.1 Å². The zero-order valence-corrected chi connectivity index (χ0v) is 8.25. The molecule has 0 unspecified atom stereocenters. The molecule has 0 spiro atoms. The maximum absolute atomic E-state index is 8.58. The molecule has 0 atom stereocenters. The fourth-order valence-corrected chi connectivity index (χ4v) is 1.18. The molecular weight excluding hydrogens is 228 g/mol. The Morgan fingerprint density at radius 3 is 2.08 bits per heavy atom. The van der Waals surface area contributed by atoms with E-state index < -0.39 is 0 Å². The van der Waals surface area contributed by atoms with Crippen LogP contribution in [0.15, 0.2) is 24.3 Å². The van der Waals surface area contributed by atoms with Gasteiger partial charge in [0.15, 0.2) is 0 Å². The first-order chi connectivity index (χ1) is 6.31. The molecule has 0 aliphatic carbocycles. The third-order valence-electron chi connectivity index (χ3n) is 1.55. The molecule has 0 saturated heterocycles. The number of halogens is 1. The van der Waals surface area contributed by atoms with Gasteiger partial charge in [-0.15, -0.1) is 0 Å². The second-order valence-corrected chi connectivity index (χ2v) is 2.79. The summed E-state index contributed by atoms with van der Waals surface area (Å²) in [4.78, 5) is 1.77. The van der Waals surface area contributed by atoms with E-state index in [0.29, 0.717) is 5.22 Å². The van der Waals surface area contributed by atoms with Gasteiger partial charge >= 0.3 is 0 Å². The van der Waals surface area contributed by atoms with Crippen LogP contribution in [0, 0.1) is 22.7 Å². The highest BCUT2D eigenvalue weighted by Crippen LogP contribution is 1.85. The number of nitrogens with zero attached hydrogens (tertiary/aromatic N) is 2. The summed E-state index contributed by atoms with van der Waals surface area (Å²) in [5, 5.41) is 18.8. The first kappa shape index (κ1) is 9.51. The van der Waals surface area contributed by atoms with E-state index >= 15 is 0 Å². The predicted octanol–water partition coefficient (Wildman–Crippen LogP) is 1.02. The molecule has 1 rings (SSSR count). The minimum absolute atomic E-state index is 0.140. The molecule has 1 aromatic carbocycles. The first-order valence-corrected chi connectivity index (χ1v) is 4.44. The topological polar surface area (TPSA) is 47.6 Å². The highest BCUT2D eigenvalue weighted by Gasteiger charge is 1.91. The van der Waals surface area contributed by atoms with Crippen molar-refractivity contribution in [2.45, 2.75) is 0 Å². The lowest BCUT2D eigenvalue weighted by Crippen LogP contribution is -2.08. The Hall–Kier alpha value is -1.58. The molecule has 0 radical (unpaired) electrons. The Morgan fingerprint density at radius 1 is 1.15 bits per heavy atom. The second kappa shape index (κ2) is 4.45. The molecule has 0 bridgehead atoms. The minimum atomic E-state index is 0.140. The Bertz CT molecular complexity index is 464. The lowest BCUT2D eigenvalue weighted by molar-refractivity contribution is 1.48. The summed E-state index contributed by atoms with van der Waals surface area (Å²) in [7, 11) is 0. The highest BCUT2D eigenvalue weighted by molar-refractivity contribution is 9.14. The molecule has 0 aliphatic heterocycles. The van der Waals surface area contributed by atoms with Crippen LogP contribution in [0.3, 0.4) is 0 Å². The van der Waals surface area contributed by atoms with Crippen molar-refractivity contribution in [2.75, 3.05) is 0 Å². The van der Waals surface area contributed by atoms with Gasteiger partial charge in [-0.05, 0) is 10.2 Å². The lowest BCUT2D eigenvalue weighted by Gasteiger charge is -1.85. The van der Waals surface area contributed by atoms with Crippen molar-refractivity contribution in [2.24, 2.45) is 0 Å². The third kappa shape index (κ3) is 2.18. The molecule has 0 aromatic heterocycles. The van der Waals surface area contributed by atoms with Gasteiger partial charge in [-0.1, -0.05) is 40.2 Å². The monoisotopic (exact) mass is 232 g/mol. The van der Waals surface area contributed by atoms with Gasteiger partial charge < -0.3 is 0 Å². The van der Waals surface area contributed by atoms with Gasteiger partial charge in [0.1, 0.15) is 17.7 Å². The molecule has 1 aromatic rings. The normalized spacial score (nSPS) is 8.23. The molecule has 0 aliphatic rings. The molecule has 13 heavy (non-hydrogen) atoms. The fourth-order valence-electron chi connectivity index (χ4n) is 0.877. The van der Waals surface area contributed by atoms with Crippen molar-refractivity contribution in [1.29, 1.82) is 10.5 Å². The van der Waals surface area contributed by atoms with E-state index in [1.807, 2.05) is 24.3 Å². The Kier molecular flexibility index (Phi) is 3.25. The summed E-state index contributed by atoms with van der Waals surface area (Å²) in [6, 6.07) is 10.8. The van der Waals surface area contributed by atoms with Crippen LogP contribution in [0.4, 0.5) is 0 Å². The van der Waals surface area contributed by atoms with E-state index in [1.54, 1.807) is 17.1 Å². The second-order valence-electron chi connectivity index (χ2n) is 2.33. The molecule has 0 amide bonds. The molecule has 0 fully saturated rings. The lowest BCUT2D eigenvalue weighted by atomic mass is 10.2. The largest absolute Gasteiger partial charge is 0.192 e. The first-order valence-electron chi connectivity index (χ1n) is 3.53. The van der Waals surface area contributed by atoms with Crippen molar-refractivity contribution >= 4 is 26.5 Å². The van der Waals surface area contributed by atoms with Crippen molar-refractivity contribution in [3.05, 3.63) is 34.7 Å². The quantitative estimate of drug-likeness (QED) is 0.671.